The topological polar surface area (TPSA) is 50.3 Å². The van der Waals surface area contributed by atoms with Gasteiger partial charge < -0.3 is 15.0 Å². The van der Waals surface area contributed by atoms with E-state index in [-0.39, 0.29) is 0 Å². The molecule has 1 N–H and O–H groups in total. The van der Waals surface area contributed by atoms with E-state index in [2.05, 4.69) is 41.0 Å². The van der Waals surface area contributed by atoms with Gasteiger partial charge in [-0.2, -0.15) is 0 Å². The normalized spacial score (nSPS) is 12.2. The Hall–Kier alpha value is -1.36. The van der Waals surface area contributed by atoms with Crippen LogP contribution in [-0.4, -0.2) is 43.3 Å². The molecule has 5 nitrogen and oxygen atoms in total. The van der Waals surface area contributed by atoms with E-state index in [1.807, 2.05) is 7.05 Å². The van der Waals surface area contributed by atoms with E-state index in [0.717, 1.165) is 37.4 Å². The zero-order chi connectivity index (χ0) is 15.0. The van der Waals surface area contributed by atoms with Crippen LogP contribution in [0.4, 0.5) is 11.6 Å². The van der Waals surface area contributed by atoms with Crippen molar-refractivity contribution in [3.63, 3.8) is 0 Å². The fourth-order valence-corrected chi connectivity index (χ4v) is 2.29. The summed E-state index contributed by atoms with van der Waals surface area (Å²) in [6, 6.07) is 0.431. The molecule has 1 rings (SSSR count). The molecule has 0 aliphatic carbocycles. The van der Waals surface area contributed by atoms with Gasteiger partial charge in [-0.25, -0.2) is 9.97 Å². The average molecular weight is 280 g/mol. The minimum absolute atomic E-state index is 0.431. The lowest BCUT2D eigenvalue weighted by Gasteiger charge is -2.31. The molecule has 0 saturated heterocycles. The van der Waals surface area contributed by atoms with Crippen LogP contribution >= 0.6 is 0 Å². The highest BCUT2D eigenvalue weighted by Gasteiger charge is 2.19. The van der Waals surface area contributed by atoms with Gasteiger partial charge in [0.05, 0.1) is 6.61 Å². The number of ether oxygens (including phenoxy) is 1. The number of anilines is 2. The Morgan fingerprint density at radius 2 is 2.10 bits per heavy atom. The molecule has 114 valence electrons. The summed E-state index contributed by atoms with van der Waals surface area (Å²) >= 11 is 0. The summed E-state index contributed by atoms with van der Waals surface area (Å²) < 4.78 is 5.24. The van der Waals surface area contributed by atoms with Crippen molar-refractivity contribution in [1.29, 1.82) is 0 Å². The van der Waals surface area contributed by atoms with Crippen LogP contribution in [0.15, 0.2) is 6.33 Å². The first-order valence-electron chi connectivity index (χ1n) is 7.46. The van der Waals surface area contributed by atoms with Crippen molar-refractivity contribution in [3.8, 4) is 0 Å². The van der Waals surface area contributed by atoms with Crippen molar-refractivity contribution in [3.05, 3.63) is 11.9 Å². The van der Waals surface area contributed by atoms with Gasteiger partial charge in [0.25, 0.3) is 0 Å². The summed E-state index contributed by atoms with van der Waals surface area (Å²) in [5, 5.41) is 3.18. The van der Waals surface area contributed by atoms with E-state index < -0.39 is 0 Å². The van der Waals surface area contributed by atoms with Gasteiger partial charge in [0.1, 0.15) is 18.0 Å². The van der Waals surface area contributed by atoms with Crippen LogP contribution in [0.1, 0.15) is 39.2 Å². The standard InChI is InChI=1S/C15H28N4O/c1-6-8-13-14(16-4)17-11-18-15(13)19(9-10-20-5)12(3)7-2/h11-12H,6-10H2,1-5H3,(H,16,17,18). The Balaban J connectivity index is 3.16. The molecular weight excluding hydrogens is 252 g/mol. The molecule has 1 heterocycles. The Kier molecular flexibility index (Phi) is 7.30. The average Bonchev–Trinajstić information content (AvgIpc) is 2.48. The van der Waals surface area contributed by atoms with Gasteiger partial charge in [-0.05, 0) is 19.8 Å². The van der Waals surface area contributed by atoms with Crippen molar-refractivity contribution in [1.82, 2.24) is 9.97 Å². The Morgan fingerprint density at radius 3 is 2.65 bits per heavy atom. The van der Waals surface area contributed by atoms with Gasteiger partial charge in [0.2, 0.25) is 0 Å². The van der Waals surface area contributed by atoms with Crippen LogP contribution < -0.4 is 10.2 Å². The molecule has 0 spiro atoms. The molecule has 1 unspecified atom stereocenters. The van der Waals surface area contributed by atoms with Crippen LogP contribution in [0.5, 0.6) is 0 Å². The summed E-state index contributed by atoms with van der Waals surface area (Å²) in [4.78, 5) is 11.2. The number of methoxy groups -OCH3 is 1. The number of hydrogen-bond donors (Lipinski definition) is 1. The van der Waals surface area contributed by atoms with Crippen LogP contribution in [0.2, 0.25) is 0 Å². The molecule has 0 aliphatic heterocycles. The van der Waals surface area contributed by atoms with Crippen molar-refractivity contribution >= 4 is 11.6 Å². The number of aromatic nitrogens is 2. The predicted molar refractivity (Wildman–Crippen MR) is 84.5 cm³/mol. The molecule has 0 aromatic carbocycles. The molecule has 0 aliphatic rings. The van der Waals surface area contributed by atoms with Gasteiger partial charge >= 0.3 is 0 Å². The van der Waals surface area contributed by atoms with Gasteiger partial charge in [0.15, 0.2) is 0 Å². The highest BCUT2D eigenvalue weighted by atomic mass is 16.5. The number of nitrogens with zero attached hydrogens (tertiary/aromatic N) is 3. The minimum Gasteiger partial charge on any atom is -0.383 e. The fraction of sp³-hybridized carbons (Fsp3) is 0.733. The van der Waals surface area contributed by atoms with Crippen molar-refractivity contribution in [2.24, 2.45) is 0 Å². The third-order valence-electron chi connectivity index (χ3n) is 3.59. The Bertz CT molecular complexity index is 397. The lowest BCUT2D eigenvalue weighted by Crippen LogP contribution is -2.37. The Morgan fingerprint density at radius 1 is 1.35 bits per heavy atom. The smallest absolute Gasteiger partial charge is 0.137 e. The fourth-order valence-electron chi connectivity index (χ4n) is 2.29. The molecule has 1 aromatic heterocycles. The van der Waals surface area contributed by atoms with E-state index in [1.165, 1.54) is 5.56 Å². The summed E-state index contributed by atoms with van der Waals surface area (Å²) in [5.41, 5.74) is 1.20. The van der Waals surface area contributed by atoms with Crippen molar-refractivity contribution < 1.29 is 4.74 Å². The maximum absolute atomic E-state index is 5.24. The maximum Gasteiger partial charge on any atom is 0.137 e. The monoisotopic (exact) mass is 280 g/mol. The van der Waals surface area contributed by atoms with Gasteiger partial charge in [0, 0.05) is 32.3 Å². The summed E-state index contributed by atoms with van der Waals surface area (Å²) in [5.74, 6) is 1.97. The first kappa shape index (κ1) is 16.7. The highest BCUT2D eigenvalue weighted by molar-refractivity contribution is 5.59. The van der Waals surface area contributed by atoms with E-state index in [9.17, 15) is 0 Å². The van der Waals surface area contributed by atoms with Gasteiger partial charge in [-0.15, -0.1) is 0 Å². The second kappa shape index (κ2) is 8.74. The van der Waals surface area contributed by atoms with Crippen LogP contribution in [0, 0.1) is 0 Å². The molecular formula is C15H28N4O. The van der Waals surface area contributed by atoms with Gasteiger partial charge in [-0.3, -0.25) is 0 Å². The van der Waals surface area contributed by atoms with E-state index >= 15 is 0 Å². The number of nitrogens with one attached hydrogen (secondary N) is 1. The summed E-state index contributed by atoms with van der Waals surface area (Å²) in [6.45, 7) is 8.16. The number of rotatable bonds is 9. The third-order valence-corrected chi connectivity index (χ3v) is 3.59. The largest absolute Gasteiger partial charge is 0.383 e. The molecule has 5 heteroatoms. The first-order chi connectivity index (χ1) is 9.69. The zero-order valence-corrected chi connectivity index (χ0v) is 13.4. The highest BCUT2D eigenvalue weighted by Crippen LogP contribution is 2.26. The molecule has 0 amide bonds. The lowest BCUT2D eigenvalue weighted by molar-refractivity contribution is 0.203. The summed E-state index contributed by atoms with van der Waals surface area (Å²) in [6.07, 6.45) is 4.77. The number of hydrogen-bond acceptors (Lipinski definition) is 5. The first-order valence-corrected chi connectivity index (χ1v) is 7.46. The van der Waals surface area contributed by atoms with Gasteiger partial charge in [-0.1, -0.05) is 20.3 Å². The van der Waals surface area contributed by atoms with E-state index in [0.29, 0.717) is 12.6 Å². The van der Waals surface area contributed by atoms with E-state index in [4.69, 9.17) is 4.74 Å². The van der Waals surface area contributed by atoms with Crippen molar-refractivity contribution in [2.45, 2.75) is 46.1 Å². The molecule has 0 bridgehead atoms. The SMILES string of the molecule is CCCc1c(NC)ncnc1N(CCOC)C(C)CC. The zero-order valence-electron chi connectivity index (χ0n) is 13.4. The molecule has 0 saturated carbocycles. The maximum atomic E-state index is 5.24. The quantitative estimate of drug-likeness (QED) is 0.753. The molecule has 20 heavy (non-hydrogen) atoms. The molecule has 1 atom stereocenters. The molecule has 0 radical (unpaired) electrons. The van der Waals surface area contributed by atoms with Crippen LogP contribution in [-0.2, 0) is 11.2 Å². The molecule has 0 fully saturated rings. The second-order valence-corrected chi connectivity index (χ2v) is 4.97. The second-order valence-electron chi connectivity index (χ2n) is 4.97. The lowest BCUT2D eigenvalue weighted by atomic mass is 10.1. The predicted octanol–water partition coefficient (Wildman–Crippen LogP) is 2.72. The third kappa shape index (κ3) is 4.07. The van der Waals surface area contributed by atoms with E-state index in [1.54, 1.807) is 13.4 Å². The van der Waals surface area contributed by atoms with Crippen LogP contribution in [0.3, 0.4) is 0 Å². The Labute approximate surface area is 122 Å². The van der Waals surface area contributed by atoms with Crippen molar-refractivity contribution in [2.75, 3.05) is 37.5 Å². The summed E-state index contributed by atoms with van der Waals surface area (Å²) in [7, 11) is 3.65. The molecule has 1 aromatic rings. The minimum atomic E-state index is 0.431. The van der Waals surface area contributed by atoms with Crippen LogP contribution in [0.25, 0.3) is 0 Å².